The highest BCUT2D eigenvalue weighted by molar-refractivity contribution is 5.95. The molecule has 34 heavy (non-hydrogen) atoms. The molecule has 2 unspecified atom stereocenters. The van der Waals surface area contributed by atoms with Crippen LogP contribution in [0.1, 0.15) is 55.5 Å². The number of rotatable bonds is 6. The zero-order chi connectivity index (χ0) is 23.5. The van der Waals surface area contributed by atoms with Crippen LogP contribution in [0.15, 0.2) is 67.1 Å². The SMILES string of the molecule is CC1CCCC([C@H](C)NC(=O)c2ccccc2Cn2cc(-c3ccc4cnccc4c3)nn2)C1. The van der Waals surface area contributed by atoms with E-state index in [1.54, 1.807) is 10.9 Å². The number of aromatic nitrogens is 4. The lowest BCUT2D eigenvalue weighted by Gasteiger charge is -2.32. The van der Waals surface area contributed by atoms with E-state index >= 15 is 0 Å². The van der Waals surface area contributed by atoms with E-state index in [1.807, 2.05) is 54.9 Å². The summed E-state index contributed by atoms with van der Waals surface area (Å²) in [6.45, 7) is 4.95. The second-order valence-corrected chi connectivity index (χ2v) is 9.69. The number of pyridine rings is 1. The molecule has 2 heterocycles. The molecule has 0 bridgehead atoms. The average Bonchev–Trinajstić information content (AvgIpc) is 3.32. The molecule has 174 valence electrons. The topological polar surface area (TPSA) is 72.7 Å². The summed E-state index contributed by atoms with van der Waals surface area (Å²) in [6, 6.07) is 16.1. The summed E-state index contributed by atoms with van der Waals surface area (Å²) < 4.78 is 1.80. The number of benzene rings is 2. The summed E-state index contributed by atoms with van der Waals surface area (Å²) in [5.74, 6) is 1.28. The molecule has 1 amide bonds. The van der Waals surface area contributed by atoms with Crippen molar-refractivity contribution in [2.45, 2.75) is 52.1 Å². The Morgan fingerprint density at radius 2 is 2.03 bits per heavy atom. The van der Waals surface area contributed by atoms with Gasteiger partial charge in [0.1, 0.15) is 5.69 Å². The quantitative estimate of drug-likeness (QED) is 0.419. The summed E-state index contributed by atoms with van der Waals surface area (Å²) in [5, 5.41) is 14.2. The Kier molecular flexibility index (Phi) is 6.39. The zero-order valence-electron chi connectivity index (χ0n) is 19.8. The lowest BCUT2D eigenvalue weighted by molar-refractivity contribution is 0.0912. The number of fused-ring (bicyclic) bond motifs is 1. The Balaban J connectivity index is 1.31. The van der Waals surface area contributed by atoms with Gasteiger partial charge >= 0.3 is 0 Å². The highest BCUT2D eigenvalue weighted by atomic mass is 16.1. The van der Waals surface area contributed by atoms with Crippen LogP contribution < -0.4 is 5.32 Å². The van der Waals surface area contributed by atoms with Crippen molar-refractivity contribution in [1.29, 1.82) is 0 Å². The Morgan fingerprint density at radius 1 is 1.15 bits per heavy atom. The molecule has 0 aliphatic heterocycles. The minimum absolute atomic E-state index is 0.00944. The summed E-state index contributed by atoms with van der Waals surface area (Å²) >= 11 is 0. The van der Waals surface area contributed by atoms with E-state index < -0.39 is 0 Å². The second-order valence-electron chi connectivity index (χ2n) is 9.69. The molecule has 1 aliphatic rings. The maximum Gasteiger partial charge on any atom is 0.251 e. The van der Waals surface area contributed by atoms with E-state index in [1.165, 1.54) is 25.7 Å². The van der Waals surface area contributed by atoms with Gasteiger partial charge in [-0.3, -0.25) is 9.78 Å². The van der Waals surface area contributed by atoms with Crippen molar-refractivity contribution in [3.63, 3.8) is 0 Å². The van der Waals surface area contributed by atoms with Gasteiger partial charge in [-0.2, -0.15) is 0 Å². The van der Waals surface area contributed by atoms with E-state index in [4.69, 9.17) is 0 Å². The maximum atomic E-state index is 13.2. The smallest absolute Gasteiger partial charge is 0.251 e. The minimum Gasteiger partial charge on any atom is -0.349 e. The van der Waals surface area contributed by atoms with Gasteiger partial charge in [0.2, 0.25) is 0 Å². The third-order valence-corrected chi connectivity index (χ3v) is 7.11. The first-order valence-electron chi connectivity index (χ1n) is 12.2. The molecule has 0 saturated heterocycles. The first-order valence-corrected chi connectivity index (χ1v) is 12.2. The number of hydrogen-bond donors (Lipinski definition) is 1. The summed E-state index contributed by atoms with van der Waals surface area (Å²) in [4.78, 5) is 17.4. The molecule has 0 spiro atoms. The van der Waals surface area contributed by atoms with Crippen LogP contribution in [-0.4, -0.2) is 31.9 Å². The number of carbonyl (C=O) groups excluding carboxylic acids is 1. The normalized spacial score (nSPS) is 19.1. The number of amides is 1. The van der Waals surface area contributed by atoms with Crippen molar-refractivity contribution >= 4 is 16.7 Å². The standard InChI is InChI=1S/C28H31N5O/c1-19-6-5-8-21(14-19)20(2)30-28(34)26-9-4-3-7-25(26)17-33-18-27(31-32-33)23-10-11-24-16-29-13-12-22(24)15-23/h3-4,7,9-13,15-16,18-21H,5-6,8,14,17H2,1-2H3,(H,30,34)/t19?,20-,21?/m0/s1. The molecular formula is C28H31N5O. The predicted octanol–water partition coefficient (Wildman–Crippen LogP) is 5.49. The monoisotopic (exact) mass is 453 g/mol. The third-order valence-electron chi connectivity index (χ3n) is 7.11. The molecule has 1 aliphatic carbocycles. The van der Waals surface area contributed by atoms with Crippen molar-refractivity contribution in [2.24, 2.45) is 11.8 Å². The Bertz CT molecular complexity index is 1300. The fourth-order valence-corrected chi connectivity index (χ4v) is 5.14. The number of nitrogens with one attached hydrogen (secondary N) is 1. The lowest BCUT2D eigenvalue weighted by Crippen LogP contribution is -2.40. The molecule has 1 N–H and O–H groups in total. The van der Waals surface area contributed by atoms with Gasteiger partial charge in [-0.1, -0.05) is 55.3 Å². The van der Waals surface area contributed by atoms with Gasteiger partial charge in [-0.05, 0) is 60.7 Å². The highest BCUT2D eigenvalue weighted by Crippen LogP contribution is 2.31. The molecule has 4 aromatic rings. The van der Waals surface area contributed by atoms with Gasteiger partial charge in [-0.25, -0.2) is 4.68 Å². The molecule has 2 aromatic heterocycles. The summed E-state index contributed by atoms with van der Waals surface area (Å²) in [5.41, 5.74) is 3.45. The van der Waals surface area contributed by atoms with Crippen molar-refractivity contribution in [3.8, 4) is 11.3 Å². The Labute approximate surface area is 200 Å². The lowest BCUT2D eigenvalue weighted by atomic mass is 9.79. The van der Waals surface area contributed by atoms with Crippen molar-refractivity contribution in [1.82, 2.24) is 25.3 Å². The van der Waals surface area contributed by atoms with Crippen LogP contribution in [0, 0.1) is 11.8 Å². The van der Waals surface area contributed by atoms with Gasteiger partial charge in [-0.15, -0.1) is 5.10 Å². The number of nitrogens with zero attached hydrogens (tertiary/aromatic N) is 4. The molecular weight excluding hydrogens is 422 g/mol. The molecule has 1 fully saturated rings. The summed E-state index contributed by atoms with van der Waals surface area (Å²) in [6.07, 6.45) is 10.5. The zero-order valence-corrected chi connectivity index (χ0v) is 19.8. The van der Waals surface area contributed by atoms with Crippen molar-refractivity contribution < 1.29 is 4.79 Å². The molecule has 6 heteroatoms. The highest BCUT2D eigenvalue weighted by Gasteiger charge is 2.25. The first-order chi connectivity index (χ1) is 16.6. The Morgan fingerprint density at radius 3 is 2.91 bits per heavy atom. The van der Waals surface area contributed by atoms with Gasteiger partial charge in [0.05, 0.1) is 12.7 Å². The van der Waals surface area contributed by atoms with Crippen LogP contribution in [0.4, 0.5) is 0 Å². The van der Waals surface area contributed by atoms with E-state index in [-0.39, 0.29) is 11.9 Å². The summed E-state index contributed by atoms with van der Waals surface area (Å²) in [7, 11) is 0. The molecule has 5 rings (SSSR count). The van der Waals surface area contributed by atoms with Crippen molar-refractivity contribution in [2.75, 3.05) is 0 Å². The molecule has 6 nitrogen and oxygen atoms in total. The third kappa shape index (κ3) is 4.86. The van der Waals surface area contributed by atoms with Crippen LogP contribution in [-0.2, 0) is 6.54 Å². The maximum absolute atomic E-state index is 13.2. The van der Waals surface area contributed by atoms with E-state index in [0.717, 1.165) is 33.5 Å². The number of hydrogen-bond acceptors (Lipinski definition) is 4. The molecule has 1 saturated carbocycles. The van der Waals surface area contributed by atoms with Crippen molar-refractivity contribution in [3.05, 3.63) is 78.2 Å². The van der Waals surface area contributed by atoms with E-state index in [0.29, 0.717) is 18.0 Å². The van der Waals surface area contributed by atoms with Gasteiger partial charge in [0.25, 0.3) is 5.91 Å². The molecule has 0 radical (unpaired) electrons. The largest absolute Gasteiger partial charge is 0.349 e. The first kappa shape index (κ1) is 22.3. The van der Waals surface area contributed by atoms with Crippen LogP contribution >= 0.6 is 0 Å². The van der Waals surface area contributed by atoms with Crippen LogP contribution in [0.25, 0.3) is 22.0 Å². The predicted molar refractivity (Wildman–Crippen MR) is 134 cm³/mol. The molecule has 2 aromatic carbocycles. The number of carbonyl (C=O) groups is 1. The molecule has 3 atom stereocenters. The Hall–Kier alpha value is -3.54. The van der Waals surface area contributed by atoms with Crippen LogP contribution in [0.2, 0.25) is 0 Å². The fraction of sp³-hybridized carbons (Fsp3) is 0.357. The minimum atomic E-state index is -0.00944. The van der Waals surface area contributed by atoms with E-state index in [2.05, 4.69) is 40.5 Å². The van der Waals surface area contributed by atoms with Gasteiger partial charge in [0.15, 0.2) is 0 Å². The van der Waals surface area contributed by atoms with E-state index in [9.17, 15) is 4.79 Å². The average molecular weight is 454 g/mol. The second kappa shape index (κ2) is 9.75. The fourth-order valence-electron chi connectivity index (χ4n) is 5.14. The van der Waals surface area contributed by atoms with Gasteiger partial charge < -0.3 is 5.32 Å². The van der Waals surface area contributed by atoms with Crippen LogP contribution in [0.3, 0.4) is 0 Å². The van der Waals surface area contributed by atoms with Crippen LogP contribution in [0.5, 0.6) is 0 Å². The van der Waals surface area contributed by atoms with Gasteiger partial charge in [0, 0.05) is 34.9 Å².